The molecule has 11 nitrogen and oxygen atoms in total. The second-order valence-corrected chi connectivity index (χ2v) is 9.89. The van der Waals surface area contributed by atoms with Crippen molar-refractivity contribution in [3.05, 3.63) is 41.6 Å². The normalized spacial score (nSPS) is 15.3. The van der Waals surface area contributed by atoms with E-state index in [1.807, 2.05) is 0 Å². The Kier molecular flexibility index (Phi) is 6.26. The molecule has 0 unspecified atom stereocenters. The summed E-state index contributed by atoms with van der Waals surface area (Å²) in [7, 11) is -3.98. The molecular formula is C19H22ClN7O4S. The van der Waals surface area contributed by atoms with Crippen LogP contribution < -0.4 is 9.46 Å². The number of nitrogens with one attached hydrogen (secondary N) is 1. The van der Waals surface area contributed by atoms with E-state index in [4.69, 9.17) is 21.1 Å². The first kappa shape index (κ1) is 22.4. The van der Waals surface area contributed by atoms with Crippen molar-refractivity contribution in [2.75, 3.05) is 11.3 Å². The number of pyridine rings is 1. The molecule has 3 aromatic rings. The van der Waals surface area contributed by atoms with E-state index in [1.165, 1.54) is 19.3 Å². The van der Waals surface area contributed by atoms with Gasteiger partial charge in [0, 0.05) is 18.6 Å². The zero-order chi connectivity index (χ0) is 22.9. The van der Waals surface area contributed by atoms with E-state index < -0.39 is 21.4 Å². The first-order valence-electron chi connectivity index (χ1n) is 9.92. The van der Waals surface area contributed by atoms with Gasteiger partial charge < -0.3 is 9.47 Å². The first-order valence-corrected chi connectivity index (χ1v) is 11.8. The van der Waals surface area contributed by atoms with Crippen molar-refractivity contribution in [3.8, 4) is 17.3 Å². The smallest absolute Gasteiger partial charge is 0.240 e. The van der Waals surface area contributed by atoms with Crippen LogP contribution in [0, 0.1) is 0 Å². The summed E-state index contributed by atoms with van der Waals surface area (Å²) in [5.41, 5.74) is 0.492. The Bertz CT molecular complexity index is 1200. The third-order valence-electron chi connectivity index (χ3n) is 4.77. The molecule has 170 valence electrons. The second kappa shape index (κ2) is 8.96. The van der Waals surface area contributed by atoms with Crippen LogP contribution in [0.3, 0.4) is 0 Å². The van der Waals surface area contributed by atoms with E-state index >= 15 is 0 Å². The fraction of sp³-hybridized carbons (Fsp3) is 0.421. The maximum absolute atomic E-state index is 13.3. The predicted octanol–water partition coefficient (Wildman–Crippen LogP) is 2.47. The third kappa shape index (κ3) is 4.52. The van der Waals surface area contributed by atoms with E-state index in [2.05, 4.69) is 29.9 Å². The molecule has 0 saturated carbocycles. The van der Waals surface area contributed by atoms with Gasteiger partial charge in [-0.15, -0.1) is 10.2 Å². The quantitative estimate of drug-likeness (QED) is 0.542. The highest BCUT2D eigenvalue weighted by molar-refractivity contribution is 7.93. The van der Waals surface area contributed by atoms with E-state index in [9.17, 15) is 8.42 Å². The van der Waals surface area contributed by atoms with Gasteiger partial charge in [-0.05, 0) is 32.9 Å². The van der Waals surface area contributed by atoms with Gasteiger partial charge in [-0.3, -0.25) is 9.29 Å². The number of halogens is 1. The molecule has 0 bridgehead atoms. The zero-order valence-corrected chi connectivity index (χ0v) is 19.2. The average Bonchev–Trinajstić information content (AvgIpc) is 3.03. The number of rotatable bonds is 7. The molecule has 4 rings (SSSR count). The van der Waals surface area contributed by atoms with E-state index in [1.54, 1.807) is 36.7 Å². The van der Waals surface area contributed by atoms with Crippen molar-refractivity contribution in [2.45, 2.75) is 44.8 Å². The number of ether oxygens (including phenoxy) is 2. The molecule has 0 aromatic carbocycles. The van der Waals surface area contributed by atoms with E-state index in [0.29, 0.717) is 35.4 Å². The van der Waals surface area contributed by atoms with E-state index in [0.717, 1.165) is 0 Å². The molecule has 0 radical (unpaired) electrons. The highest BCUT2D eigenvalue weighted by Crippen LogP contribution is 2.31. The minimum absolute atomic E-state index is 0.0641. The third-order valence-corrected chi connectivity index (χ3v) is 6.66. The average molecular weight is 480 g/mol. The first-order chi connectivity index (χ1) is 15.3. The number of anilines is 1. The largest absolute Gasteiger partial charge is 0.489 e. The van der Waals surface area contributed by atoms with Crippen LogP contribution in [0.1, 0.15) is 32.7 Å². The van der Waals surface area contributed by atoms with Crippen molar-refractivity contribution in [3.63, 3.8) is 0 Å². The van der Waals surface area contributed by atoms with Crippen molar-refractivity contribution in [1.82, 2.24) is 29.7 Å². The number of fused-ring (bicyclic) bond motifs is 3. The number of hydrogen-bond acceptors (Lipinski definition) is 9. The molecule has 0 fully saturated rings. The predicted molar refractivity (Wildman–Crippen MR) is 117 cm³/mol. The van der Waals surface area contributed by atoms with Crippen molar-refractivity contribution < 1.29 is 17.9 Å². The standard InChI is InChI=1S/C19H22ClN7O4S/c1-11(2)31-16(17-22-9-13(20)10-23-17)12(3)32(28,29)26-19-25-24-18-15-14(5-4-6-21-15)30-8-7-27(18)19/h4-6,9-12,16H,7-8H2,1-3H3,(H,25,26)/t12-,16+/m0/s1. The van der Waals surface area contributed by atoms with Gasteiger partial charge in [0.2, 0.25) is 16.0 Å². The maximum Gasteiger partial charge on any atom is 0.240 e. The monoisotopic (exact) mass is 479 g/mol. The van der Waals surface area contributed by atoms with Crippen LogP contribution in [0.15, 0.2) is 30.7 Å². The minimum Gasteiger partial charge on any atom is -0.489 e. The molecular weight excluding hydrogens is 458 g/mol. The summed E-state index contributed by atoms with van der Waals surface area (Å²) >= 11 is 5.87. The lowest BCUT2D eigenvalue weighted by molar-refractivity contribution is 0.00154. The van der Waals surface area contributed by atoms with Crippen molar-refractivity contribution >= 4 is 27.6 Å². The summed E-state index contributed by atoms with van der Waals surface area (Å²) in [4.78, 5) is 12.6. The molecule has 4 heterocycles. The van der Waals surface area contributed by atoms with Crippen LogP contribution in [0.2, 0.25) is 5.02 Å². The molecule has 0 amide bonds. The van der Waals surface area contributed by atoms with Gasteiger partial charge in [0.1, 0.15) is 29.4 Å². The highest BCUT2D eigenvalue weighted by Gasteiger charge is 2.36. The molecule has 0 spiro atoms. The van der Waals surface area contributed by atoms with Crippen LogP contribution in [0.25, 0.3) is 11.5 Å². The van der Waals surface area contributed by atoms with Crippen LogP contribution in [-0.2, 0) is 21.3 Å². The summed E-state index contributed by atoms with van der Waals surface area (Å²) in [6, 6.07) is 3.53. The van der Waals surface area contributed by atoms with Crippen LogP contribution in [0.5, 0.6) is 5.75 Å². The Morgan fingerprint density at radius 1 is 1.19 bits per heavy atom. The molecule has 1 aliphatic rings. The lowest BCUT2D eigenvalue weighted by Crippen LogP contribution is -2.35. The van der Waals surface area contributed by atoms with Gasteiger partial charge in [-0.1, -0.05) is 11.6 Å². The van der Waals surface area contributed by atoms with Gasteiger partial charge in [-0.2, -0.15) is 0 Å². The lowest BCUT2D eigenvalue weighted by atomic mass is 10.2. The molecule has 1 aliphatic heterocycles. The van der Waals surface area contributed by atoms with Crippen LogP contribution >= 0.6 is 11.6 Å². The Labute approximate surface area is 190 Å². The number of hydrogen-bond donors (Lipinski definition) is 1. The van der Waals surface area contributed by atoms with Gasteiger partial charge in [0.05, 0.1) is 17.7 Å². The number of sulfonamides is 1. The molecule has 1 N–H and O–H groups in total. The summed E-state index contributed by atoms with van der Waals surface area (Å²) in [5, 5.41) is 7.47. The SMILES string of the molecule is CC(C)O[C@@H](c1ncc(Cl)cn1)[C@H](C)S(=O)(=O)Nc1nnc2n1CCOc1cccnc1-2. The fourth-order valence-corrected chi connectivity index (χ4v) is 4.41. The molecule has 0 saturated heterocycles. The minimum atomic E-state index is -3.98. The molecule has 0 aliphatic carbocycles. The second-order valence-electron chi connectivity index (χ2n) is 7.41. The topological polar surface area (TPSA) is 134 Å². The van der Waals surface area contributed by atoms with Crippen molar-refractivity contribution in [2.24, 2.45) is 0 Å². The van der Waals surface area contributed by atoms with E-state index in [-0.39, 0.29) is 17.9 Å². The number of nitrogens with zero attached hydrogens (tertiary/aromatic N) is 6. The fourth-order valence-electron chi connectivity index (χ4n) is 3.21. The molecule has 13 heteroatoms. The summed E-state index contributed by atoms with van der Waals surface area (Å²) in [5.74, 6) is 1.26. The zero-order valence-electron chi connectivity index (χ0n) is 17.6. The van der Waals surface area contributed by atoms with Gasteiger partial charge in [0.15, 0.2) is 11.6 Å². The van der Waals surface area contributed by atoms with Crippen molar-refractivity contribution in [1.29, 1.82) is 0 Å². The Morgan fingerprint density at radius 2 is 1.94 bits per heavy atom. The molecule has 32 heavy (non-hydrogen) atoms. The lowest BCUT2D eigenvalue weighted by Gasteiger charge is -2.25. The van der Waals surface area contributed by atoms with Gasteiger partial charge in [-0.25, -0.2) is 23.4 Å². The molecule has 2 atom stereocenters. The Balaban J connectivity index is 1.64. The Morgan fingerprint density at radius 3 is 2.66 bits per heavy atom. The van der Waals surface area contributed by atoms with Crippen LogP contribution in [-0.4, -0.2) is 56.1 Å². The van der Waals surface area contributed by atoms with Gasteiger partial charge >= 0.3 is 0 Å². The Hall–Kier alpha value is -2.83. The van der Waals surface area contributed by atoms with Crippen LogP contribution in [0.4, 0.5) is 5.95 Å². The maximum atomic E-state index is 13.3. The highest BCUT2D eigenvalue weighted by atomic mass is 35.5. The number of aromatic nitrogens is 6. The summed E-state index contributed by atoms with van der Waals surface area (Å²) < 4.78 is 42.3. The summed E-state index contributed by atoms with van der Waals surface area (Å²) in [6.45, 7) is 5.78. The summed E-state index contributed by atoms with van der Waals surface area (Å²) in [6.07, 6.45) is 3.22. The van der Waals surface area contributed by atoms with Gasteiger partial charge in [0.25, 0.3) is 0 Å². The molecule has 3 aromatic heterocycles.